The Bertz CT molecular complexity index is 333. The number of aliphatic carboxylic acids is 1. The molecule has 0 amide bonds. The van der Waals surface area contributed by atoms with E-state index in [4.69, 9.17) is 4.74 Å². The van der Waals surface area contributed by atoms with Gasteiger partial charge in [-0.15, -0.1) is 0 Å². The first-order valence-electron chi connectivity index (χ1n) is 7.31. The van der Waals surface area contributed by atoms with Crippen molar-refractivity contribution in [3.8, 4) is 0 Å². The van der Waals surface area contributed by atoms with Crippen molar-refractivity contribution in [3.63, 3.8) is 0 Å². The van der Waals surface area contributed by atoms with Crippen molar-refractivity contribution in [1.29, 1.82) is 0 Å². The van der Waals surface area contributed by atoms with Crippen molar-refractivity contribution < 1.29 is 14.6 Å². The minimum atomic E-state index is -0.786. The first kappa shape index (κ1) is 14.8. The van der Waals surface area contributed by atoms with Gasteiger partial charge in [-0.05, 0) is 45.7 Å². The molecule has 0 spiro atoms. The molecule has 0 aromatic carbocycles. The lowest BCUT2D eigenvalue weighted by atomic mass is 9.91. The maximum absolute atomic E-state index is 11.8. The summed E-state index contributed by atoms with van der Waals surface area (Å²) in [6.45, 7) is 6.07. The van der Waals surface area contributed by atoms with Crippen LogP contribution in [0.2, 0.25) is 0 Å². The van der Waals surface area contributed by atoms with Crippen LogP contribution in [0.3, 0.4) is 0 Å². The van der Waals surface area contributed by atoms with E-state index in [2.05, 4.69) is 17.1 Å². The van der Waals surface area contributed by atoms with Crippen LogP contribution in [0.15, 0.2) is 0 Å². The minimum absolute atomic E-state index is 0.192. The summed E-state index contributed by atoms with van der Waals surface area (Å²) in [5.74, 6) is -0.444. The number of hydrogen-bond donors (Lipinski definition) is 2. The number of rotatable bonds is 7. The van der Waals surface area contributed by atoms with Crippen LogP contribution in [0, 0.1) is 5.92 Å². The highest BCUT2D eigenvalue weighted by Gasteiger charge is 2.52. The molecule has 110 valence electrons. The minimum Gasteiger partial charge on any atom is -0.480 e. The van der Waals surface area contributed by atoms with Crippen LogP contribution in [0.5, 0.6) is 0 Å². The fourth-order valence-corrected chi connectivity index (χ4v) is 3.35. The van der Waals surface area contributed by atoms with Gasteiger partial charge in [-0.1, -0.05) is 6.92 Å². The second-order valence-corrected chi connectivity index (χ2v) is 5.93. The molecule has 1 aliphatic carbocycles. The second kappa shape index (κ2) is 5.77. The summed E-state index contributed by atoms with van der Waals surface area (Å²) in [7, 11) is 2.02. The average Bonchev–Trinajstić information content (AvgIpc) is 3.11. The van der Waals surface area contributed by atoms with Gasteiger partial charge in [0.05, 0.1) is 6.10 Å². The number of ether oxygens (including phenoxy) is 1. The number of carboxylic acids is 1. The number of likely N-dealkylation sites (N-methyl/N-ethyl adjacent to an activating group) is 2. The molecule has 3 atom stereocenters. The van der Waals surface area contributed by atoms with Gasteiger partial charge >= 0.3 is 5.97 Å². The number of hydrogen-bond acceptors (Lipinski definition) is 4. The molecule has 2 aliphatic rings. The molecule has 2 fully saturated rings. The van der Waals surface area contributed by atoms with Gasteiger partial charge in [0.2, 0.25) is 0 Å². The molecule has 1 aliphatic heterocycles. The highest BCUT2D eigenvalue weighted by molar-refractivity contribution is 5.80. The highest BCUT2D eigenvalue weighted by Crippen LogP contribution is 2.41. The van der Waals surface area contributed by atoms with E-state index in [1.165, 1.54) is 0 Å². The molecule has 0 aromatic rings. The molecule has 19 heavy (non-hydrogen) atoms. The van der Waals surface area contributed by atoms with E-state index in [9.17, 15) is 9.90 Å². The summed E-state index contributed by atoms with van der Waals surface area (Å²) in [5, 5.41) is 12.9. The molecule has 5 heteroatoms. The number of carbonyl (C=O) groups is 1. The van der Waals surface area contributed by atoms with Crippen LogP contribution in [0.25, 0.3) is 0 Å². The smallest absolute Gasteiger partial charge is 0.325 e. The molecular weight excluding hydrogens is 244 g/mol. The molecule has 0 bridgehead atoms. The lowest BCUT2D eigenvalue weighted by Crippen LogP contribution is -2.61. The molecule has 0 radical (unpaired) electrons. The number of nitrogens with one attached hydrogen (secondary N) is 1. The molecule has 1 saturated heterocycles. The number of nitrogens with zero attached hydrogens (tertiary/aromatic N) is 1. The topological polar surface area (TPSA) is 61.8 Å². The molecule has 1 saturated carbocycles. The van der Waals surface area contributed by atoms with Crippen molar-refractivity contribution in [2.45, 2.75) is 50.8 Å². The molecule has 5 nitrogen and oxygen atoms in total. The van der Waals surface area contributed by atoms with Crippen molar-refractivity contribution in [2.24, 2.45) is 5.92 Å². The molecular formula is C14H26N2O3. The zero-order valence-electron chi connectivity index (χ0n) is 12.2. The third-order valence-corrected chi connectivity index (χ3v) is 4.55. The van der Waals surface area contributed by atoms with Gasteiger partial charge in [-0.2, -0.15) is 0 Å². The summed E-state index contributed by atoms with van der Waals surface area (Å²) in [6.07, 6.45) is 3.22. The highest BCUT2D eigenvalue weighted by atomic mass is 16.5. The Morgan fingerprint density at radius 3 is 2.58 bits per heavy atom. The maximum Gasteiger partial charge on any atom is 0.325 e. The predicted molar refractivity (Wildman–Crippen MR) is 73.2 cm³/mol. The van der Waals surface area contributed by atoms with E-state index in [1.54, 1.807) is 0 Å². The Kier molecular flexibility index (Phi) is 4.48. The summed E-state index contributed by atoms with van der Waals surface area (Å²) in [5.41, 5.74) is -0.786. The lowest BCUT2D eigenvalue weighted by molar-refractivity contribution is -0.147. The van der Waals surface area contributed by atoms with E-state index in [0.717, 1.165) is 25.9 Å². The van der Waals surface area contributed by atoms with Crippen LogP contribution in [-0.4, -0.2) is 60.4 Å². The zero-order valence-corrected chi connectivity index (χ0v) is 12.2. The normalized spacial score (nSPS) is 30.5. The van der Waals surface area contributed by atoms with E-state index in [0.29, 0.717) is 19.1 Å². The van der Waals surface area contributed by atoms with Gasteiger partial charge in [-0.25, -0.2) is 0 Å². The predicted octanol–water partition coefficient (Wildman–Crippen LogP) is 0.939. The van der Waals surface area contributed by atoms with E-state index in [1.807, 2.05) is 14.0 Å². The van der Waals surface area contributed by atoms with Gasteiger partial charge in [-0.3, -0.25) is 9.69 Å². The average molecular weight is 270 g/mol. The third kappa shape index (κ3) is 2.93. The standard InChI is InChI=1S/C14H26N2O3/c1-4-15-14(13(17)18,11-5-6-11)9-16(3)12-7-8-19-10(12)2/h10-12,15H,4-9H2,1-3H3,(H,17,18). The van der Waals surface area contributed by atoms with Crippen molar-refractivity contribution in [2.75, 3.05) is 26.7 Å². The van der Waals surface area contributed by atoms with Crippen LogP contribution >= 0.6 is 0 Å². The quantitative estimate of drug-likeness (QED) is 0.721. The number of carboxylic acid groups (broad SMARTS) is 1. The van der Waals surface area contributed by atoms with Crippen LogP contribution in [0.1, 0.15) is 33.1 Å². The fourth-order valence-electron chi connectivity index (χ4n) is 3.35. The van der Waals surface area contributed by atoms with Crippen LogP contribution in [-0.2, 0) is 9.53 Å². The Hall–Kier alpha value is -0.650. The summed E-state index contributed by atoms with van der Waals surface area (Å²) in [6, 6.07) is 0.330. The second-order valence-electron chi connectivity index (χ2n) is 5.93. The molecule has 2 rings (SSSR count). The Balaban J connectivity index is 2.08. The Morgan fingerprint density at radius 1 is 1.47 bits per heavy atom. The summed E-state index contributed by atoms with van der Waals surface area (Å²) in [4.78, 5) is 14.0. The van der Waals surface area contributed by atoms with Crippen molar-refractivity contribution >= 4 is 5.97 Å². The fraction of sp³-hybridized carbons (Fsp3) is 0.929. The Morgan fingerprint density at radius 2 is 2.16 bits per heavy atom. The molecule has 1 heterocycles. The van der Waals surface area contributed by atoms with E-state index >= 15 is 0 Å². The van der Waals surface area contributed by atoms with Gasteiger partial charge in [0.15, 0.2) is 0 Å². The first-order valence-corrected chi connectivity index (χ1v) is 7.31. The van der Waals surface area contributed by atoms with Crippen molar-refractivity contribution in [1.82, 2.24) is 10.2 Å². The van der Waals surface area contributed by atoms with Gasteiger partial charge in [0.1, 0.15) is 5.54 Å². The lowest BCUT2D eigenvalue weighted by Gasteiger charge is -2.37. The van der Waals surface area contributed by atoms with Gasteiger partial charge in [0, 0.05) is 19.2 Å². The summed E-state index contributed by atoms with van der Waals surface area (Å²) >= 11 is 0. The monoisotopic (exact) mass is 270 g/mol. The van der Waals surface area contributed by atoms with Gasteiger partial charge < -0.3 is 15.2 Å². The van der Waals surface area contributed by atoms with E-state index in [-0.39, 0.29) is 12.0 Å². The van der Waals surface area contributed by atoms with Crippen molar-refractivity contribution in [3.05, 3.63) is 0 Å². The molecule has 3 unspecified atom stereocenters. The zero-order chi connectivity index (χ0) is 14.0. The largest absolute Gasteiger partial charge is 0.480 e. The first-order chi connectivity index (χ1) is 9.01. The maximum atomic E-state index is 11.8. The van der Waals surface area contributed by atoms with Gasteiger partial charge in [0.25, 0.3) is 0 Å². The van der Waals surface area contributed by atoms with Crippen LogP contribution < -0.4 is 5.32 Å². The summed E-state index contributed by atoms with van der Waals surface area (Å²) < 4.78 is 5.59. The Labute approximate surface area is 115 Å². The third-order valence-electron chi connectivity index (χ3n) is 4.55. The van der Waals surface area contributed by atoms with Crippen LogP contribution in [0.4, 0.5) is 0 Å². The molecule has 2 N–H and O–H groups in total. The molecule has 0 aromatic heterocycles. The SMILES string of the molecule is CCNC(CN(C)C1CCOC1C)(C(=O)O)C1CC1. The van der Waals surface area contributed by atoms with E-state index < -0.39 is 11.5 Å².